The molecule has 6 heteroatoms. The van der Waals surface area contributed by atoms with E-state index < -0.39 is 28.1 Å². The topological polar surface area (TPSA) is 83.8 Å². The molecule has 0 saturated carbocycles. The number of carboxylic acids is 1. The summed E-state index contributed by atoms with van der Waals surface area (Å²) < 4.78 is 16.3. The van der Waals surface area contributed by atoms with E-state index >= 15 is 0 Å². The number of hydrogen-bond donors (Lipinski definition) is 2. The van der Waals surface area contributed by atoms with E-state index in [0.29, 0.717) is 26.1 Å². The van der Waals surface area contributed by atoms with Crippen LogP contribution in [0.15, 0.2) is 0 Å². The van der Waals surface area contributed by atoms with Gasteiger partial charge in [0.2, 0.25) is 0 Å². The van der Waals surface area contributed by atoms with Gasteiger partial charge in [-0.1, -0.05) is 0 Å². The van der Waals surface area contributed by atoms with E-state index in [1.54, 1.807) is 0 Å². The Kier molecular flexibility index (Phi) is 4.03. The average Bonchev–Trinajstić information content (AvgIpc) is 2.02. The van der Waals surface area contributed by atoms with Gasteiger partial charge in [0.25, 0.3) is 0 Å². The first-order valence-electron chi connectivity index (χ1n) is 4.39. The summed E-state index contributed by atoms with van der Waals surface area (Å²) in [5, 5.41) is 18.3. The number of carbonyl (C=O) groups is 1. The van der Waals surface area contributed by atoms with Crippen molar-refractivity contribution in [1.29, 1.82) is 0 Å². The normalized spacial score (nSPS) is 22.9. The van der Waals surface area contributed by atoms with Crippen LogP contribution in [0.3, 0.4) is 0 Å². The molecule has 1 atom stereocenters. The van der Waals surface area contributed by atoms with Crippen LogP contribution in [-0.4, -0.2) is 50.7 Å². The van der Waals surface area contributed by atoms with Gasteiger partial charge >= 0.3 is 5.97 Å². The maximum atomic E-state index is 11.3. The predicted octanol–water partition coefficient (Wildman–Crippen LogP) is -0.639. The zero-order chi connectivity index (χ0) is 10.6. The van der Waals surface area contributed by atoms with Crippen LogP contribution in [0, 0.1) is 0 Å². The number of rotatable bonds is 4. The molecule has 0 aromatic rings. The van der Waals surface area contributed by atoms with E-state index in [-0.39, 0.29) is 5.75 Å². The molecule has 0 bridgehead atoms. The molecule has 14 heavy (non-hydrogen) atoms. The zero-order valence-corrected chi connectivity index (χ0v) is 8.59. The first-order chi connectivity index (χ1) is 6.52. The highest BCUT2D eigenvalue weighted by Crippen LogP contribution is 2.21. The SMILES string of the molecule is O=C(O)CS(=O)CC1(O)CCOCC1. The third kappa shape index (κ3) is 3.73. The highest BCUT2D eigenvalue weighted by Gasteiger charge is 2.32. The Balaban J connectivity index is 2.41. The quantitative estimate of drug-likeness (QED) is 0.661. The summed E-state index contributed by atoms with van der Waals surface area (Å²) in [6.07, 6.45) is 0.858. The van der Waals surface area contributed by atoms with Crippen LogP contribution in [0.1, 0.15) is 12.8 Å². The molecule has 1 unspecified atom stereocenters. The van der Waals surface area contributed by atoms with Gasteiger partial charge in [0.1, 0.15) is 5.75 Å². The number of ether oxygens (including phenoxy) is 1. The molecule has 1 saturated heterocycles. The Hall–Kier alpha value is -0.460. The van der Waals surface area contributed by atoms with E-state index in [1.807, 2.05) is 0 Å². The Morgan fingerprint density at radius 3 is 2.50 bits per heavy atom. The molecule has 0 aromatic carbocycles. The van der Waals surface area contributed by atoms with Crippen molar-refractivity contribution >= 4 is 16.8 Å². The van der Waals surface area contributed by atoms with Crippen molar-refractivity contribution in [3.8, 4) is 0 Å². The van der Waals surface area contributed by atoms with E-state index in [1.165, 1.54) is 0 Å². The standard InChI is InChI=1S/C8H14O5S/c9-7(10)5-14(12)6-8(11)1-3-13-4-2-8/h11H,1-6H2,(H,9,10). The highest BCUT2D eigenvalue weighted by atomic mass is 32.2. The highest BCUT2D eigenvalue weighted by molar-refractivity contribution is 7.85. The van der Waals surface area contributed by atoms with E-state index in [9.17, 15) is 14.1 Å². The second-order valence-corrected chi connectivity index (χ2v) is 4.92. The van der Waals surface area contributed by atoms with Crippen LogP contribution >= 0.6 is 0 Å². The molecular formula is C8H14O5S. The minimum atomic E-state index is -1.49. The third-order valence-corrected chi connectivity index (χ3v) is 3.57. The Morgan fingerprint density at radius 1 is 1.43 bits per heavy atom. The fourth-order valence-electron chi connectivity index (χ4n) is 1.38. The molecule has 1 rings (SSSR count). The van der Waals surface area contributed by atoms with Gasteiger partial charge in [-0.15, -0.1) is 0 Å². The second kappa shape index (κ2) is 4.86. The average molecular weight is 222 g/mol. The van der Waals surface area contributed by atoms with Crippen molar-refractivity contribution in [1.82, 2.24) is 0 Å². The lowest BCUT2D eigenvalue weighted by Crippen LogP contribution is -2.41. The summed E-state index contributed by atoms with van der Waals surface area (Å²) in [5.41, 5.74) is -1.00. The predicted molar refractivity (Wildman–Crippen MR) is 50.5 cm³/mol. The second-order valence-electron chi connectivity index (χ2n) is 3.46. The van der Waals surface area contributed by atoms with E-state index in [0.717, 1.165) is 0 Å². The van der Waals surface area contributed by atoms with Crippen molar-refractivity contribution in [3.63, 3.8) is 0 Å². The van der Waals surface area contributed by atoms with Crippen LogP contribution < -0.4 is 0 Å². The Morgan fingerprint density at radius 2 is 2.00 bits per heavy atom. The monoisotopic (exact) mass is 222 g/mol. The van der Waals surface area contributed by atoms with E-state index in [2.05, 4.69) is 0 Å². The minimum absolute atomic E-state index is 0.0304. The van der Waals surface area contributed by atoms with Gasteiger partial charge in [0.05, 0.1) is 11.4 Å². The van der Waals surface area contributed by atoms with Gasteiger partial charge in [-0.05, 0) is 0 Å². The number of aliphatic hydroxyl groups is 1. The lowest BCUT2D eigenvalue weighted by Gasteiger charge is -2.31. The first-order valence-corrected chi connectivity index (χ1v) is 5.87. The summed E-state index contributed by atoms with van der Waals surface area (Å²) in [6.45, 7) is 0.890. The van der Waals surface area contributed by atoms with Crippen molar-refractivity contribution < 1.29 is 24.0 Å². The van der Waals surface area contributed by atoms with Gasteiger partial charge in [-0.25, -0.2) is 0 Å². The van der Waals surface area contributed by atoms with Crippen molar-refractivity contribution in [2.24, 2.45) is 0 Å². The molecule has 0 aliphatic carbocycles. The number of carboxylic acid groups (broad SMARTS) is 1. The Bertz CT molecular complexity index is 234. The van der Waals surface area contributed by atoms with Gasteiger partial charge in [0, 0.05) is 36.9 Å². The van der Waals surface area contributed by atoms with Gasteiger partial charge in [0.15, 0.2) is 0 Å². The number of hydrogen-bond acceptors (Lipinski definition) is 4. The fraction of sp³-hybridized carbons (Fsp3) is 0.875. The van der Waals surface area contributed by atoms with Crippen molar-refractivity contribution in [2.75, 3.05) is 24.7 Å². The lowest BCUT2D eigenvalue weighted by molar-refractivity contribution is -0.133. The maximum Gasteiger partial charge on any atom is 0.316 e. The maximum absolute atomic E-state index is 11.3. The zero-order valence-electron chi connectivity index (χ0n) is 7.77. The largest absolute Gasteiger partial charge is 0.481 e. The van der Waals surface area contributed by atoms with Crippen LogP contribution in [0.4, 0.5) is 0 Å². The summed E-state index contributed by atoms with van der Waals surface area (Å²) in [6, 6.07) is 0. The van der Waals surface area contributed by atoms with Gasteiger partial charge < -0.3 is 14.9 Å². The first kappa shape index (κ1) is 11.6. The molecule has 0 aromatic heterocycles. The molecular weight excluding hydrogens is 208 g/mol. The molecule has 0 amide bonds. The number of aliphatic carboxylic acids is 1. The van der Waals surface area contributed by atoms with Crippen LogP contribution in [0.25, 0.3) is 0 Å². The van der Waals surface area contributed by atoms with Crippen LogP contribution in [0.5, 0.6) is 0 Å². The van der Waals surface area contributed by atoms with E-state index in [4.69, 9.17) is 9.84 Å². The summed E-state index contributed by atoms with van der Waals surface area (Å²) in [5.74, 6) is -1.47. The summed E-state index contributed by atoms with van der Waals surface area (Å²) in [7, 11) is -1.49. The molecule has 0 radical (unpaired) electrons. The molecule has 1 aliphatic heterocycles. The van der Waals surface area contributed by atoms with Gasteiger partial charge in [-0.3, -0.25) is 9.00 Å². The third-order valence-electron chi connectivity index (χ3n) is 2.14. The molecule has 1 fully saturated rings. The summed E-state index contributed by atoms with van der Waals surface area (Å²) in [4.78, 5) is 10.3. The van der Waals surface area contributed by atoms with Gasteiger partial charge in [-0.2, -0.15) is 0 Å². The fourth-order valence-corrected chi connectivity index (χ4v) is 2.65. The molecule has 5 nitrogen and oxygen atoms in total. The molecule has 1 aliphatic rings. The smallest absolute Gasteiger partial charge is 0.316 e. The molecule has 0 spiro atoms. The van der Waals surface area contributed by atoms with Crippen molar-refractivity contribution in [2.45, 2.75) is 18.4 Å². The Labute approximate surface area is 84.5 Å². The lowest BCUT2D eigenvalue weighted by atomic mass is 9.97. The molecule has 82 valence electrons. The molecule has 2 N–H and O–H groups in total. The summed E-state index contributed by atoms with van der Waals surface area (Å²) >= 11 is 0. The minimum Gasteiger partial charge on any atom is -0.481 e. The molecule has 1 heterocycles. The van der Waals surface area contributed by atoms with Crippen molar-refractivity contribution in [3.05, 3.63) is 0 Å². The van der Waals surface area contributed by atoms with Crippen LogP contribution in [-0.2, 0) is 20.3 Å². The van der Waals surface area contributed by atoms with Crippen LogP contribution in [0.2, 0.25) is 0 Å².